The van der Waals surface area contributed by atoms with Crippen LogP contribution in [0.1, 0.15) is 64.7 Å². The standard InChI is InChI=1S/C16H26F2/c1-2-12-3-7-14(8-4-12)15-9-5-13(6-10-15)11-16(17)18/h11-15H,2-10H2,1H3. The summed E-state index contributed by atoms with van der Waals surface area (Å²) >= 11 is 0. The first-order chi connectivity index (χ1) is 8.69. The fourth-order valence-corrected chi connectivity index (χ4v) is 4.03. The van der Waals surface area contributed by atoms with E-state index in [1.165, 1.54) is 51.0 Å². The van der Waals surface area contributed by atoms with E-state index in [-0.39, 0.29) is 5.92 Å². The van der Waals surface area contributed by atoms with Crippen molar-refractivity contribution in [1.29, 1.82) is 0 Å². The molecule has 0 N–H and O–H groups in total. The highest BCUT2D eigenvalue weighted by Gasteiger charge is 2.30. The van der Waals surface area contributed by atoms with Gasteiger partial charge < -0.3 is 0 Å². The van der Waals surface area contributed by atoms with Gasteiger partial charge in [-0.05, 0) is 68.3 Å². The summed E-state index contributed by atoms with van der Waals surface area (Å²) in [7, 11) is 0. The molecule has 2 fully saturated rings. The van der Waals surface area contributed by atoms with E-state index in [0.717, 1.165) is 30.6 Å². The zero-order valence-corrected chi connectivity index (χ0v) is 11.5. The second-order valence-corrected chi connectivity index (χ2v) is 6.32. The summed E-state index contributed by atoms with van der Waals surface area (Å²) in [5.41, 5.74) is 0. The number of hydrogen-bond acceptors (Lipinski definition) is 0. The molecule has 2 aliphatic rings. The van der Waals surface area contributed by atoms with E-state index in [1.807, 2.05) is 0 Å². The van der Waals surface area contributed by atoms with Gasteiger partial charge in [0, 0.05) is 0 Å². The molecule has 2 rings (SSSR count). The third-order valence-electron chi connectivity index (χ3n) is 5.31. The van der Waals surface area contributed by atoms with Crippen LogP contribution >= 0.6 is 0 Å². The van der Waals surface area contributed by atoms with Gasteiger partial charge in [0.15, 0.2) is 0 Å². The summed E-state index contributed by atoms with van der Waals surface area (Å²) in [4.78, 5) is 0. The Balaban J connectivity index is 1.75. The molecular weight excluding hydrogens is 230 g/mol. The molecule has 0 atom stereocenters. The maximum Gasteiger partial charge on any atom is 0.266 e. The summed E-state index contributed by atoms with van der Waals surface area (Å²) in [6.45, 7) is 2.30. The molecule has 0 aliphatic heterocycles. The average molecular weight is 256 g/mol. The minimum atomic E-state index is -1.48. The molecule has 0 aromatic rings. The maximum absolute atomic E-state index is 12.2. The topological polar surface area (TPSA) is 0 Å². The van der Waals surface area contributed by atoms with Crippen molar-refractivity contribution in [3.63, 3.8) is 0 Å². The second-order valence-electron chi connectivity index (χ2n) is 6.32. The molecule has 0 saturated heterocycles. The maximum atomic E-state index is 12.2. The van der Waals surface area contributed by atoms with Gasteiger partial charge in [-0.2, -0.15) is 8.78 Å². The molecule has 0 aromatic heterocycles. The van der Waals surface area contributed by atoms with Crippen molar-refractivity contribution < 1.29 is 8.78 Å². The van der Waals surface area contributed by atoms with E-state index in [1.54, 1.807) is 0 Å². The molecule has 18 heavy (non-hydrogen) atoms. The van der Waals surface area contributed by atoms with Crippen LogP contribution in [0.25, 0.3) is 0 Å². The fraction of sp³-hybridized carbons (Fsp3) is 0.875. The Morgan fingerprint density at radius 3 is 1.83 bits per heavy atom. The first-order valence-electron chi connectivity index (χ1n) is 7.71. The van der Waals surface area contributed by atoms with E-state index >= 15 is 0 Å². The second kappa shape index (κ2) is 6.68. The van der Waals surface area contributed by atoms with Crippen LogP contribution in [0.2, 0.25) is 0 Å². The van der Waals surface area contributed by atoms with Crippen molar-refractivity contribution in [2.45, 2.75) is 64.7 Å². The highest BCUT2D eigenvalue weighted by atomic mass is 19.3. The van der Waals surface area contributed by atoms with E-state index in [2.05, 4.69) is 6.92 Å². The van der Waals surface area contributed by atoms with Gasteiger partial charge in [-0.15, -0.1) is 0 Å². The molecule has 2 saturated carbocycles. The Morgan fingerprint density at radius 2 is 1.39 bits per heavy atom. The summed E-state index contributed by atoms with van der Waals surface area (Å²) < 4.78 is 24.4. The smallest absolute Gasteiger partial charge is 0.174 e. The normalized spacial score (nSPS) is 37.3. The zero-order chi connectivity index (χ0) is 13.0. The molecule has 104 valence electrons. The molecule has 0 heterocycles. The minimum Gasteiger partial charge on any atom is -0.174 e. The van der Waals surface area contributed by atoms with Gasteiger partial charge in [0.1, 0.15) is 0 Å². The Bertz CT molecular complexity index is 265. The fourth-order valence-electron chi connectivity index (χ4n) is 4.03. The predicted molar refractivity (Wildman–Crippen MR) is 71.5 cm³/mol. The Kier molecular flexibility index (Phi) is 5.20. The Hall–Kier alpha value is -0.400. The number of hydrogen-bond donors (Lipinski definition) is 0. The first kappa shape index (κ1) is 14.0. The van der Waals surface area contributed by atoms with Gasteiger partial charge in [0.05, 0.1) is 0 Å². The van der Waals surface area contributed by atoms with Crippen molar-refractivity contribution in [2.75, 3.05) is 0 Å². The number of allylic oxidation sites excluding steroid dienone is 1. The molecule has 0 unspecified atom stereocenters. The van der Waals surface area contributed by atoms with Crippen LogP contribution in [0.15, 0.2) is 12.2 Å². The lowest BCUT2D eigenvalue weighted by atomic mass is 9.69. The van der Waals surface area contributed by atoms with Crippen molar-refractivity contribution >= 4 is 0 Å². The molecule has 2 aliphatic carbocycles. The molecule has 2 heteroatoms. The summed E-state index contributed by atoms with van der Waals surface area (Å²) in [5.74, 6) is 2.84. The summed E-state index contributed by atoms with van der Waals surface area (Å²) in [6.07, 6.45) is 10.9. The molecule has 0 spiro atoms. The third kappa shape index (κ3) is 3.80. The Morgan fingerprint density at radius 1 is 0.889 bits per heavy atom. The van der Waals surface area contributed by atoms with Crippen LogP contribution in [0.4, 0.5) is 8.78 Å². The van der Waals surface area contributed by atoms with Crippen LogP contribution in [-0.4, -0.2) is 0 Å². The van der Waals surface area contributed by atoms with Gasteiger partial charge in [0.2, 0.25) is 0 Å². The van der Waals surface area contributed by atoms with Gasteiger partial charge in [-0.3, -0.25) is 0 Å². The van der Waals surface area contributed by atoms with Crippen molar-refractivity contribution in [3.05, 3.63) is 12.2 Å². The van der Waals surface area contributed by atoms with Crippen molar-refractivity contribution in [3.8, 4) is 0 Å². The zero-order valence-electron chi connectivity index (χ0n) is 11.5. The number of halogens is 2. The monoisotopic (exact) mass is 256 g/mol. The summed E-state index contributed by atoms with van der Waals surface area (Å²) in [6, 6.07) is 0. The molecule has 0 bridgehead atoms. The van der Waals surface area contributed by atoms with Gasteiger partial charge in [-0.25, -0.2) is 0 Å². The van der Waals surface area contributed by atoms with Crippen LogP contribution < -0.4 is 0 Å². The SMILES string of the molecule is CCC1CCC(C2CCC(C=C(F)F)CC2)CC1. The van der Waals surface area contributed by atoms with E-state index in [9.17, 15) is 8.78 Å². The van der Waals surface area contributed by atoms with Crippen LogP contribution in [0.5, 0.6) is 0 Å². The highest BCUT2D eigenvalue weighted by molar-refractivity contribution is 4.92. The quantitative estimate of drug-likeness (QED) is 0.599. The molecular formula is C16H26F2. The van der Waals surface area contributed by atoms with Crippen molar-refractivity contribution in [1.82, 2.24) is 0 Å². The average Bonchev–Trinajstić information content (AvgIpc) is 2.39. The first-order valence-corrected chi connectivity index (χ1v) is 7.71. The van der Waals surface area contributed by atoms with Crippen LogP contribution in [0.3, 0.4) is 0 Å². The van der Waals surface area contributed by atoms with E-state index < -0.39 is 6.08 Å². The highest BCUT2D eigenvalue weighted by Crippen LogP contribution is 2.42. The van der Waals surface area contributed by atoms with E-state index in [4.69, 9.17) is 0 Å². The van der Waals surface area contributed by atoms with Gasteiger partial charge in [0.25, 0.3) is 6.08 Å². The number of rotatable bonds is 3. The van der Waals surface area contributed by atoms with Crippen molar-refractivity contribution in [2.24, 2.45) is 23.7 Å². The molecule has 0 aromatic carbocycles. The molecule has 0 amide bonds. The largest absolute Gasteiger partial charge is 0.266 e. The lowest BCUT2D eigenvalue weighted by Crippen LogP contribution is -2.25. The minimum absolute atomic E-state index is 0.151. The predicted octanol–water partition coefficient (Wildman–Crippen LogP) is 5.79. The van der Waals surface area contributed by atoms with Gasteiger partial charge in [-0.1, -0.05) is 26.2 Å². The van der Waals surface area contributed by atoms with Gasteiger partial charge >= 0.3 is 0 Å². The lowest BCUT2D eigenvalue weighted by molar-refractivity contribution is 0.153. The lowest BCUT2D eigenvalue weighted by Gasteiger charge is -2.37. The molecule has 0 radical (unpaired) electrons. The molecule has 0 nitrogen and oxygen atoms in total. The third-order valence-corrected chi connectivity index (χ3v) is 5.31. The van der Waals surface area contributed by atoms with E-state index in [0.29, 0.717) is 0 Å². The Labute approximate surface area is 110 Å². The summed E-state index contributed by atoms with van der Waals surface area (Å²) in [5, 5.41) is 0. The van der Waals surface area contributed by atoms with Crippen LogP contribution in [-0.2, 0) is 0 Å². The van der Waals surface area contributed by atoms with Crippen LogP contribution in [0, 0.1) is 23.7 Å².